The zero-order valence-electron chi connectivity index (χ0n) is 9.27. The second-order valence-corrected chi connectivity index (χ2v) is 6.70. The van der Waals surface area contributed by atoms with Gasteiger partial charge in [0.15, 0.2) is 0 Å². The molecule has 12 heavy (non-hydrogen) atoms. The van der Waals surface area contributed by atoms with E-state index in [0.717, 1.165) is 0 Å². The van der Waals surface area contributed by atoms with Gasteiger partial charge in [0, 0.05) is 0 Å². The Balaban J connectivity index is 3.32. The summed E-state index contributed by atoms with van der Waals surface area (Å²) in [6.07, 6.45) is 5.60. The molecule has 0 saturated heterocycles. The lowest BCUT2D eigenvalue weighted by molar-refractivity contribution is 0.435. The van der Waals surface area contributed by atoms with Gasteiger partial charge in [0.2, 0.25) is 0 Å². The van der Waals surface area contributed by atoms with E-state index in [2.05, 4.69) is 31.5 Å². The van der Waals surface area contributed by atoms with Gasteiger partial charge in [-0.1, -0.05) is 46.2 Å². The highest BCUT2D eigenvalue weighted by Gasteiger charge is 2.06. The van der Waals surface area contributed by atoms with E-state index >= 15 is 0 Å². The first kappa shape index (κ1) is 12.2. The van der Waals surface area contributed by atoms with Crippen molar-refractivity contribution in [3.8, 4) is 0 Å². The minimum atomic E-state index is -0.504. The topological polar surface area (TPSA) is 3.24 Å². The molecule has 0 spiro atoms. The van der Waals surface area contributed by atoms with Crippen LogP contribution in [0.15, 0.2) is 0 Å². The van der Waals surface area contributed by atoms with E-state index in [1.54, 1.807) is 0 Å². The number of hydrogen-bond acceptors (Lipinski definition) is 1. The van der Waals surface area contributed by atoms with Crippen molar-refractivity contribution in [3.05, 3.63) is 0 Å². The van der Waals surface area contributed by atoms with E-state index < -0.39 is 8.96 Å². The van der Waals surface area contributed by atoms with Crippen LogP contribution in [0, 0.1) is 0 Å². The fraction of sp³-hybridized carbons (Fsp3) is 1.00. The van der Waals surface area contributed by atoms with E-state index in [1.165, 1.54) is 38.8 Å². The molecule has 0 aliphatic carbocycles. The highest BCUT2D eigenvalue weighted by Crippen LogP contribution is 2.02. The summed E-state index contributed by atoms with van der Waals surface area (Å²) in [5.74, 6) is 0. The Kier molecular flexibility index (Phi) is 7.92. The van der Waals surface area contributed by atoms with Crippen molar-refractivity contribution in [1.82, 2.24) is 4.57 Å². The molecule has 0 aromatic rings. The van der Waals surface area contributed by atoms with E-state index in [9.17, 15) is 0 Å². The average Bonchev–Trinajstić information content (AvgIpc) is 2.04. The maximum Gasteiger partial charge on any atom is 0.105 e. The summed E-state index contributed by atoms with van der Waals surface area (Å²) in [6, 6.07) is 0. The summed E-state index contributed by atoms with van der Waals surface area (Å²) in [4.78, 5) is 0. The Morgan fingerprint density at radius 3 is 2.08 bits per heavy atom. The summed E-state index contributed by atoms with van der Waals surface area (Å²) in [5, 5.41) is 0. The summed E-state index contributed by atoms with van der Waals surface area (Å²) in [7, 11) is -0.504. The van der Waals surface area contributed by atoms with E-state index in [1.807, 2.05) is 0 Å². The molecule has 0 bridgehead atoms. The van der Waals surface area contributed by atoms with Crippen molar-refractivity contribution in [1.29, 1.82) is 0 Å². The van der Waals surface area contributed by atoms with Gasteiger partial charge >= 0.3 is 0 Å². The van der Waals surface area contributed by atoms with Gasteiger partial charge in [-0.2, -0.15) is 0 Å². The van der Waals surface area contributed by atoms with Crippen LogP contribution in [0.2, 0.25) is 13.1 Å². The van der Waals surface area contributed by atoms with Crippen LogP contribution in [-0.4, -0.2) is 26.6 Å². The van der Waals surface area contributed by atoms with Crippen LogP contribution in [0.1, 0.15) is 39.5 Å². The number of unbranched alkanes of at least 4 members (excludes halogenated alkanes) is 3. The zero-order chi connectivity index (χ0) is 9.40. The highest BCUT2D eigenvalue weighted by molar-refractivity contribution is 6.52. The molecule has 0 atom stereocenters. The fourth-order valence-electron chi connectivity index (χ4n) is 1.52. The minimum Gasteiger partial charge on any atom is -0.327 e. The SMILES string of the molecule is CCCCCCN(CC)[SiH](C)C. The summed E-state index contributed by atoms with van der Waals surface area (Å²) >= 11 is 0. The predicted molar refractivity (Wildman–Crippen MR) is 60.3 cm³/mol. The van der Waals surface area contributed by atoms with Crippen molar-refractivity contribution < 1.29 is 0 Å². The largest absolute Gasteiger partial charge is 0.327 e. The maximum atomic E-state index is 2.68. The second-order valence-electron chi connectivity index (χ2n) is 3.78. The summed E-state index contributed by atoms with van der Waals surface area (Å²) in [6.45, 7) is 12.0. The smallest absolute Gasteiger partial charge is 0.105 e. The van der Waals surface area contributed by atoms with Crippen LogP contribution in [0.25, 0.3) is 0 Å². The Bertz CT molecular complexity index is 93.8. The van der Waals surface area contributed by atoms with E-state index in [-0.39, 0.29) is 0 Å². The van der Waals surface area contributed by atoms with E-state index in [4.69, 9.17) is 0 Å². The normalized spacial score (nSPS) is 11.5. The molecule has 74 valence electrons. The third-order valence-corrected chi connectivity index (χ3v) is 4.52. The standard InChI is InChI=1S/C10H25NSi/c1-5-7-8-9-10-11(6-2)12(3)4/h12H,5-10H2,1-4H3. The molecule has 0 rings (SSSR count). The van der Waals surface area contributed by atoms with Crippen LogP contribution in [0.3, 0.4) is 0 Å². The van der Waals surface area contributed by atoms with Gasteiger partial charge < -0.3 is 4.57 Å². The van der Waals surface area contributed by atoms with Gasteiger partial charge in [-0.05, 0) is 19.5 Å². The molecule has 0 N–H and O–H groups in total. The van der Waals surface area contributed by atoms with Crippen LogP contribution in [-0.2, 0) is 0 Å². The molecule has 0 amide bonds. The second kappa shape index (κ2) is 7.81. The molecule has 0 aliphatic rings. The lowest BCUT2D eigenvalue weighted by Crippen LogP contribution is -2.35. The van der Waals surface area contributed by atoms with Crippen molar-refractivity contribution >= 4 is 8.96 Å². The Morgan fingerprint density at radius 2 is 1.67 bits per heavy atom. The van der Waals surface area contributed by atoms with Crippen LogP contribution in [0.5, 0.6) is 0 Å². The van der Waals surface area contributed by atoms with Gasteiger partial charge in [-0.25, -0.2) is 0 Å². The van der Waals surface area contributed by atoms with Crippen molar-refractivity contribution in [2.45, 2.75) is 52.6 Å². The third kappa shape index (κ3) is 5.78. The van der Waals surface area contributed by atoms with Crippen molar-refractivity contribution in [2.24, 2.45) is 0 Å². The van der Waals surface area contributed by atoms with Gasteiger partial charge in [0.1, 0.15) is 8.96 Å². The average molecular weight is 187 g/mol. The first-order valence-corrected chi connectivity index (χ1v) is 8.29. The fourth-order valence-corrected chi connectivity index (χ4v) is 2.95. The molecule has 0 heterocycles. The lowest BCUT2D eigenvalue weighted by atomic mass is 10.2. The summed E-state index contributed by atoms with van der Waals surface area (Å²) in [5.41, 5.74) is 0. The van der Waals surface area contributed by atoms with Gasteiger partial charge in [-0.15, -0.1) is 0 Å². The molecule has 0 aromatic heterocycles. The van der Waals surface area contributed by atoms with Gasteiger partial charge in [-0.3, -0.25) is 0 Å². The first-order valence-electron chi connectivity index (χ1n) is 5.46. The molecule has 0 aliphatic heterocycles. The number of nitrogens with zero attached hydrogens (tertiary/aromatic N) is 1. The number of hydrogen-bond donors (Lipinski definition) is 0. The van der Waals surface area contributed by atoms with Gasteiger partial charge in [0.25, 0.3) is 0 Å². The van der Waals surface area contributed by atoms with Crippen LogP contribution < -0.4 is 0 Å². The van der Waals surface area contributed by atoms with Crippen LogP contribution >= 0.6 is 0 Å². The Hall–Kier alpha value is 0.177. The van der Waals surface area contributed by atoms with Crippen molar-refractivity contribution in [2.75, 3.05) is 13.1 Å². The monoisotopic (exact) mass is 187 g/mol. The van der Waals surface area contributed by atoms with Crippen molar-refractivity contribution in [3.63, 3.8) is 0 Å². The number of rotatable bonds is 7. The first-order chi connectivity index (χ1) is 5.72. The summed E-state index contributed by atoms with van der Waals surface area (Å²) < 4.78 is 2.68. The Labute approximate surface area is 79.8 Å². The molecular formula is C10H25NSi. The molecule has 0 saturated carbocycles. The molecule has 0 unspecified atom stereocenters. The third-order valence-electron chi connectivity index (χ3n) is 2.44. The molecule has 0 radical (unpaired) electrons. The Morgan fingerprint density at radius 1 is 1.00 bits per heavy atom. The van der Waals surface area contributed by atoms with Gasteiger partial charge in [0.05, 0.1) is 0 Å². The van der Waals surface area contributed by atoms with Crippen LogP contribution in [0.4, 0.5) is 0 Å². The van der Waals surface area contributed by atoms with E-state index in [0.29, 0.717) is 0 Å². The highest BCUT2D eigenvalue weighted by atomic mass is 28.3. The molecule has 2 heteroatoms. The minimum absolute atomic E-state index is 0.504. The zero-order valence-corrected chi connectivity index (χ0v) is 10.4. The molecule has 0 aromatic carbocycles. The molecular weight excluding hydrogens is 162 g/mol. The maximum absolute atomic E-state index is 2.68. The molecule has 0 fully saturated rings. The lowest BCUT2D eigenvalue weighted by Gasteiger charge is -2.23. The predicted octanol–water partition coefficient (Wildman–Crippen LogP) is 2.87. The molecule has 1 nitrogen and oxygen atoms in total. The quantitative estimate of drug-likeness (QED) is 0.437.